The van der Waals surface area contributed by atoms with E-state index in [9.17, 15) is 9.59 Å². The molecule has 2 amide bonds. The van der Waals surface area contributed by atoms with Gasteiger partial charge in [0.2, 0.25) is 0 Å². The fourth-order valence-corrected chi connectivity index (χ4v) is 1.79. The van der Waals surface area contributed by atoms with Crippen molar-refractivity contribution in [2.45, 2.75) is 0 Å². The molecule has 0 spiro atoms. The van der Waals surface area contributed by atoms with Gasteiger partial charge in [0.25, 0.3) is 11.8 Å². The van der Waals surface area contributed by atoms with Crippen molar-refractivity contribution >= 4 is 17.5 Å². The molecule has 0 unspecified atom stereocenters. The number of anilines is 1. The predicted molar refractivity (Wildman–Crippen MR) is 85.9 cm³/mol. The van der Waals surface area contributed by atoms with Crippen LogP contribution in [0.4, 0.5) is 5.69 Å². The van der Waals surface area contributed by atoms with E-state index in [1.165, 1.54) is 18.3 Å². The van der Waals surface area contributed by atoms with Crippen LogP contribution in [0.3, 0.4) is 0 Å². The summed E-state index contributed by atoms with van der Waals surface area (Å²) in [6, 6.07) is 11.4. The smallest absolute Gasteiger partial charge is 0.274 e. The van der Waals surface area contributed by atoms with Crippen molar-refractivity contribution in [2.24, 2.45) is 0 Å². The second-order valence-corrected chi connectivity index (χ2v) is 4.57. The summed E-state index contributed by atoms with van der Waals surface area (Å²) in [6.45, 7) is 3.86. The second kappa shape index (κ2) is 7.52. The highest BCUT2D eigenvalue weighted by Gasteiger charge is 2.11. The lowest BCUT2D eigenvalue weighted by molar-refractivity contribution is 0.0958. The van der Waals surface area contributed by atoms with E-state index >= 15 is 0 Å². The molecule has 0 aliphatic heterocycles. The Kier molecular flexibility index (Phi) is 5.21. The largest absolute Gasteiger partial charge is 0.349 e. The Morgan fingerprint density at radius 2 is 1.96 bits per heavy atom. The quantitative estimate of drug-likeness (QED) is 0.827. The maximum Gasteiger partial charge on any atom is 0.274 e. The van der Waals surface area contributed by atoms with Gasteiger partial charge in [0.05, 0.1) is 11.6 Å². The van der Waals surface area contributed by atoms with Gasteiger partial charge in [-0.15, -0.1) is 6.58 Å². The first-order chi connectivity index (χ1) is 11.1. The first kappa shape index (κ1) is 15.9. The first-order valence-corrected chi connectivity index (χ1v) is 6.80. The molecular weight excluding hydrogens is 292 g/mol. The Morgan fingerprint density at radius 1 is 1.22 bits per heavy atom. The standard InChI is InChI=1S/C17H14N4O2/c1-2-8-20-16(22)13-7-9-19-15(10-13)17(23)21-14-5-3-12(11-18)4-6-14/h2-7,9-10H,1,8H2,(H,20,22)(H,21,23). The second-order valence-electron chi connectivity index (χ2n) is 4.57. The van der Waals surface area contributed by atoms with Gasteiger partial charge in [-0.1, -0.05) is 6.08 Å². The summed E-state index contributed by atoms with van der Waals surface area (Å²) in [5, 5.41) is 14.0. The van der Waals surface area contributed by atoms with E-state index in [4.69, 9.17) is 5.26 Å². The minimum atomic E-state index is -0.437. The summed E-state index contributed by atoms with van der Waals surface area (Å²) in [7, 11) is 0. The van der Waals surface area contributed by atoms with Crippen molar-refractivity contribution in [2.75, 3.05) is 11.9 Å². The minimum Gasteiger partial charge on any atom is -0.349 e. The number of benzene rings is 1. The Morgan fingerprint density at radius 3 is 2.61 bits per heavy atom. The van der Waals surface area contributed by atoms with Crippen LogP contribution in [0.25, 0.3) is 0 Å². The van der Waals surface area contributed by atoms with Crippen molar-refractivity contribution in [3.8, 4) is 6.07 Å². The van der Waals surface area contributed by atoms with E-state index in [0.29, 0.717) is 23.4 Å². The van der Waals surface area contributed by atoms with Crippen LogP contribution < -0.4 is 10.6 Å². The van der Waals surface area contributed by atoms with Gasteiger partial charge in [0.1, 0.15) is 5.69 Å². The number of rotatable bonds is 5. The number of carbonyl (C=O) groups excluding carboxylic acids is 2. The zero-order valence-corrected chi connectivity index (χ0v) is 12.2. The molecule has 0 aliphatic carbocycles. The van der Waals surface area contributed by atoms with E-state index in [0.717, 1.165) is 0 Å². The maximum atomic E-state index is 12.2. The number of hydrogen-bond donors (Lipinski definition) is 2. The van der Waals surface area contributed by atoms with Crippen molar-refractivity contribution in [1.82, 2.24) is 10.3 Å². The molecule has 2 N–H and O–H groups in total. The molecule has 0 saturated heterocycles. The zero-order chi connectivity index (χ0) is 16.7. The van der Waals surface area contributed by atoms with E-state index in [2.05, 4.69) is 22.2 Å². The number of pyridine rings is 1. The van der Waals surface area contributed by atoms with Crippen LogP contribution >= 0.6 is 0 Å². The molecule has 6 nitrogen and oxygen atoms in total. The molecular formula is C17H14N4O2. The highest BCUT2D eigenvalue weighted by atomic mass is 16.2. The van der Waals surface area contributed by atoms with Crippen LogP contribution in [0.1, 0.15) is 26.4 Å². The highest BCUT2D eigenvalue weighted by Crippen LogP contribution is 2.11. The van der Waals surface area contributed by atoms with Crippen LogP contribution in [-0.4, -0.2) is 23.3 Å². The van der Waals surface area contributed by atoms with Gasteiger partial charge in [-0.05, 0) is 36.4 Å². The van der Waals surface area contributed by atoms with Crippen molar-refractivity contribution in [3.05, 3.63) is 72.1 Å². The summed E-state index contributed by atoms with van der Waals surface area (Å²) < 4.78 is 0. The van der Waals surface area contributed by atoms with Gasteiger partial charge in [-0.3, -0.25) is 14.6 Å². The summed E-state index contributed by atoms with van der Waals surface area (Å²) >= 11 is 0. The van der Waals surface area contributed by atoms with Gasteiger partial charge in [-0.25, -0.2) is 0 Å². The Hall–Kier alpha value is -3.46. The molecule has 1 aromatic heterocycles. The molecule has 23 heavy (non-hydrogen) atoms. The van der Waals surface area contributed by atoms with E-state index in [1.54, 1.807) is 30.3 Å². The Labute approximate surface area is 133 Å². The van der Waals surface area contributed by atoms with Crippen LogP contribution in [0, 0.1) is 11.3 Å². The summed E-state index contributed by atoms with van der Waals surface area (Å²) in [5.41, 5.74) is 1.51. The van der Waals surface area contributed by atoms with Crippen LogP contribution in [0.15, 0.2) is 55.3 Å². The van der Waals surface area contributed by atoms with Gasteiger partial charge in [-0.2, -0.15) is 5.26 Å². The lowest BCUT2D eigenvalue weighted by Crippen LogP contribution is -2.24. The number of nitrogens with one attached hydrogen (secondary N) is 2. The number of amides is 2. The van der Waals surface area contributed by atoms with E-state index < -0.39 is 5.91 Å². The molecule has 1 heterocycles. The summed E-state index contributed by atoms with van der Waals surface area (Å²) in [6.07, 6.45) is 2.97. The molecule has 2 rings (SSSR count). The van der Waals surface area contributed by atoms with Gasteiger partial charge in [0.15, 0.2) is 0 Å². The third-order valence-corrected chi connectivity index (χ3v) is 2.93. The molecule has 0 atom stereocenters. The molecule has 0 saturated carbocycles. The average molecular weight is 306 g/mol. The molecule has 0 aliphatic rings. The molecule has 114 valence electrons. The maximum absolute atomic E-state index is 12.2. The molecule has 0 fully saturated rings. The lowest BCUT2D eigenvalue weighted by Gasteiger charge is -2.06. The SMILES string of the molecule is C=CCNC(=O)c1ccnc(C(=O)Nc2ccc(C#N)cc2)c1. The summed E-state index contributed by atoms with van der Waals surface area (Å²) in [5.74, 6) is -0.743. The van der Waals surface area contributed by atoms with Crippen LogP contribution in [-0.2, 0) is 0 Å². The first-order valence-electron chi connectivity index (χ1n) is 6.80. The normalized spacial score (nSPS) is 9.52. The number of carbonyl (C=O) groups is 2. The molecule has 0 radical (unpaired) electrons. The molecule has 1 aromatic carbocycles. The molecule has 6 heteroatoms. The van der Waals surface area contributed by atoms with Gasteiger partial charge < -0.3 is 10.6 Å². The lowest BCUT2D eigenvalue weighted by atomic mass is 10.2. The Balaban J connectivity index is 2.11. The van der Waals surface area contributed by atoms with E-state index in [-0.39, 0.29) is 11.6 Å². The fourth-order valence-electron chi connectivity index (χ4n) is 1.79. The van der Waals surface area contributed by atoms with Gasteiger partial charge >= 0.3 is 0 Å². The Bertz CT molecular complexity index is 776. The third kappa shape index (κ3) is 4.25. The van der Waals surface area contributed by atoms with Gasteiger partial charge in [0, 0.05) is 24.0 Å². The van der Waals surface area contributed by atoms with Crippen molar-refractivity contribution in [1.29, 1.82) is 5.26 Å². The minimum absolute atomic E-state index is 0.126. The number of nitriles is 1. The number of aromatic nitrogens is 1. The summed E-state index contributed by atoms with van der Waals surface area (Å²) in [4.78, 5) is 28.0. The predicted octanol–water partition coefficient (Wildman–Crippen LogP) is 2.12. The highest BCUT2D eigenvalue weighted by molar-refractivity contribution is 6.04. The van der Waals surface area contributed by atoms with Crippen LogP contribution in [0.2, 0.25) is 0 Å². The fraction of sp³-hybridized carbons (Fsp3) is 0.0588. The van der Waals surface area contributed by atoms with Crippen molar-refractivity contribution in [3.63, 3.8) is 0 Å². The monoisotopic (exact) mass is 306 g/mol. The molecule has 2 aromatic rings. The number of hydrogen-bond acceptors (Lipinski definition) is 4. The molecule has 0 bridgehead atoms. The number of nitrogens with zero attached hydrogens (tertiary/aromatic N) is 2. The zero-order valence-electron chi connectivity index (χ0n) is 12.2. The average Bonchev–Trinajstić information content (AvgIpc) is 2.60. The van der Waals surface area contributed by atoms with Crippen LogP contribution in [0.5, 0.6) is 0 Å². The topological polar surface area (TPSA) is 94.9 Å². The third-order valence-electron chi connectivity index (χ3n) is 2.93. The van der Waals surface area contributed by atoms with E-state index in [1.807, 2.05) is 6.07 Å². The van der Waals surface area contributed by atoms with Crippen molar-refractivity contribution < 1.29 is 9.59 Å².